The van der Waals surface area contributed by atoms with Gasteiger partial charge in [-0.05, 0) is 42.9 Å². The number of hydrogen-bond acceptors (Lipinski definition) is 5. The van der Waals surface area contributed by atoms with Crippen LogP contribution >= 0.6 is 0 Å². The van der Waals surface area contributed by atoms with Crippen molar-refractivity contribution in [1.82, 2.24) is 4.31 Å². The predicted molar refractivity (Wildman–Crippen MR) is 82.9 cm³/mol. The lowest BCUT2D eigenvalue weighted by molar-refractivity contribution is 0.0696. The molecular weight excluding hydrogens is 320 g/mol. The van der Waals surface area contributed by atoms with Crippen LogP contribution in [-0.2, 0) is 10.0 Å². The lowest BCUT2D eigenvalue weighted by atomic mass is 9.99. The minimum atomic E-state index is -3.84. The van der Waals surface area contributed by atoms with Gasteiger partial charge in [0, 0.05) is 19.1 Å². The molecule has 0 radical (unpaired) electrons. The van der Waals surface area contributed by atoms with Crippen LogP contribution in [0.15, 0.2) is 23.1 Å². The summed E-state index contributed by atoms with van der Waals surface area (Å²) in [6, 6.07) is 3.66. The molecule has 0 aromatic heterocycles. The second-order valence-corrected chi connectivity index (χ2v) is 8.06. The summed E-state index contributed by atoms with van der Waals surface area (Å²) >= 11 is 0. The molecule has 2 atom stereocenters. The normalized spacial score (nSPS) is 25.5. The van der Waals surface area contributed by atoms with Gasteiger partial charge in [0.1, 0.15) is 10.6 Å². The van der Waals surface area contributed by atoms with E-state index in [-0.39, 0.29) is 34.7 Å². The number of hydrogen-bond donors (Lipinski definition) is 2. The Hall–Kier alpha value is -1.64. The smallest absolute Gasteiger partial charge is 0.335 e. The van der Waals surface area contributed by atoms with E-state index >= 15 is 0 Å². The van der Waals surface area contributed by atoms with Gasteiger partial charge >= 0.3 is 5.97 Å². The van der Waals surface area contributed by atoms with E-state index in [1.54, 1.807) is 0 Å². The Kier molecular flexibility index (Phi) is 4.07. The lowest BCUT2D eigenvalue weighted by Crippen LogP contribution is -2.32. The Balaban J connectivity index is 1.96. The highest BCUT2D eigenvalue weighted by atomic mass is 32.2. The predicted octanol–water partition coefficient (Wildman–Crippen LogP) is 0.751. The lowest BCUT2D eigenvalue weighted by Gasteiger charge is -2.18. The number of nitrogens with two attached hydrogens (primary N) is 1. The number of aromatic carboxylic acids is 1. The molecule has 3 N–H and O–H groups in total. The third kappa shape index (κ3) is 2.93. The number of carbonyl (C=O) groups is 1. The number of ether oxygens (including phenoxy) is 1. The SMILES string of the molecule is COc1ccc(C(=O)O)cc1S(=O)(=O)N1C[C@@H](N)[C@H](C2CC2)C1. The maximum Gasteiger partial charge on any atom is 0.335 e. The van der Waals surface area contributed by atoms with Crippen molar-refractivity contribution in [3.63, 3.8) is 0 Å². The van der Waals surface area contributed by atoms with Gasteiger partial charge < -0.3 is 15.6 Å². The number of sulfonamides is 1. The maximum atomic E-state index is 12.9. The van der Waals surface area contributed by atoms with Crippen LogP contribution in [-0.4, -0.2) is 50.0 Å². The minimum Gasteiger partial charge on any atom is -0.495 e. The van der Waals surface area contributed by atoms with Gasteiger partial charge in [-0.1, -0.05) is 0 Å². The second kappa shape index (κ2) is 5.77. The van der Waals surface area contributed by atoms with E-state index in [9.17, 15) is 13.2 Å². The Morgan fingerprint density at radius 3 is 2.61 bits per heavy atom. The first-order chi connectivity index (χ1) is 10.8. The Morgan fingerprint density at radius 1 is 1.35 bits per heavy atom. The Morgan fingerprint density at radius 2 is 2.04 bits per heavy atom. The first kappa shape index (κ1) is 16.2. The first-order valence-electron chi connectivity index (χ1n) is 7.51. The number of carboxylic acid groups (broad SMARTS) is 1. The van der Waals surface area contributed by atoms with E-state index in [1.807, 2.05) is 0 Å². The van der Waals surface area contributed by atoms with Crippen molar-refractivity contribution in [2.45, 2.75) is 23.8 Å². The van der Waals surface area contributed by atoms with Gasteiger partial charge in [0.15, 0.2) is 0 Å². The average Bonchev–Trinajstić information content (AvgIpc) is 3.28. The fourth-order valence-corrected chi connectivity index (χ4v) is 4.88. The van der Waals surface area contributed by atoms with E-state index in [4.69, 9.17) is 15.6 Å². The van der Waals surface area contributed by atoms with Crippen molar-refractivity contribution < 1.29 is 23.1 Å². The molecule has 3 rings (SSSR count). The second-order valence-electron chi connectivity index (χ2n) is 6.16. The van der Waals surface area contributed by atoms with Crippen molar-refractivity contribution in [3.05, 3.63) is 23.8 Å². The zero-order chi connectivity index (χ0) is 16.8. The van der Waals surface area contributed by atoms with E-state index in [0.29, 0.717) is 12.5 Å². The van der Waals surface area contributed by atoms with E-state index < -0.39 is 16.0 Å². The largest absolute Gasteiger partial charge is 0.495 e. The number of carboxylic acids is 1. The molecule has 0 spiro atoms. The molecule has 1 aliphatic heterocycles. The highest BCUT2D eigenvalue weighted by molar-refractivity contribution is 7.89. The van der Waals surface area contributed by atoms with Crippen molar-refractivity contribution in [1.29, 1.82) is 0 Å². The molecule has 2 fully saturated rings. The summed E-state index contributed by atoms with van der Waals surface area (Å²) in [5, 5.41) is 9.10. The molecule has 1 aromatic carbocycles. The summed E-state index contributed by atoms with van der Waals surface area (Å²) in [5.74, 6) is -0.354. The summed E-state index contributed by atoms with van der Waals surface area (Å²) in [6.07, 6.45) is 2.20. The monoisotopic (exact) mass is 340 g/mol. The molecule has 1 saturated carbocycles. The van der Waals surface area contributed by atoms with Crippen molar-refractivity contribution >= 4 is 16.0 Å². The molecule has 1 aromatic rings. The number of methoxy groups -OCH3 is 1. The van der Waals surface area contributed by atoms with E-state index in [0.717, 1.165) is 18.9 Å². The molecule has 0 amide bonds. The molecular formula is C15H20N2O5S. The summed E-state index contributed by atoms with van der Waals surface area (Å²) in [6.45, 7) is 0.637. The molecule has 23 heavy (non-hydrogen) atoms. The van der Waals surface area contributed by atoms with Crippen LogP contribution in [0.5, 0.6) is 5.75 Å². The van der Waals surface area contributed by atoms with Gasteiger partial charge in [-0.25, -0.2) is 13.2 Å². The quantitative estimate of drug-likeness (QED) is 0.818. The molecule has 0 unspecified atom stereocenters. The number of nitrogens with zero attached hydrogens (tertiary/aromatic N) is 1. The Labute approximate surface area is 135 Å². The third-order valence-electron chi connectivity index (χ3n) is 4.63. The Bertz CT molecular complexity index is 729. The summed E-state index contributed by atoms with van der Waals surface area (Å²) in [4.78, 5) is 11.0. The number of rotatable bonds is 5. The van der Waals surface area contributed by atoms with Gasteiger partial charge in [0.25, 0.3) is 0 Å². The van der Waals surface area contributed by atoms with Gasteiger partial charge in [0.05, 0.1) is 12.7 Å². The van der Waals surface area contributed by atoms with E-state index in [1.165, 1.54) is 23.5 Å². The van der Waals surface area contributed by atoms with Crippen LogP contribution in [0.4, 0.5) is 0 Å². The van der Waals surface area contributed by atoms with E-state index in [2.05, 4.69) is 0 Å². The zero-order valence-corrected chi connectivity index (χ0v) is 13.6. The molecule has 1 aliphatic carbocycles. The highest BCUT2D eigenvalue weighted by Crippen LogP contribution is 2.42. The van der Waals surface area contributed by atoms with Gasteiger partial charge in [-0.2, -0.15) is 4.31 Å². The average molecular weight is 340 g/mol. The molecule has 1 saturated heterocycles. The first-order valence-corrected chi connectivity index (χ1v) is 8.95. The summed E-state index contributed by atoms with van der Waals surface area (Å²) in [7, 11) is -2.49. The van der Waals surface area contributed by atoms with Gasteiger partial charge in [-0.3, -0.25) is 0 Å². The van der Waals surface area contributed by atoms with Gasteiger partial charge in [-0.15, -0.1) is 0 Å². The molecule has 7 nitrogen and oxygen atoms in total. The summed E-state index contributed by atoms with van der Waals surface area (Å²) in [5.41, 5.74) is 6.01. The molecule has 0 bridgehead atoms. The van der Waals surface area contributed by atoms with Crippen molar-refractivity contribution in [2.24, 2.45) is 17.6 Å². The molecule has 2 aliphatic rings. The fourth-order valence-electron chi connectivity index (χ4n) is 3.19. The molecule has 8 heteroatoms. The van der Waals surface area contributed by atoms with Crippen molar-refractivity contribution in [3.8, 4) is 5.75 Å². The third-order valence-corrected chi connectivity index (χ3v) is 6.49. The van der Waals surface area contributed by atoms with Gasteiger partial charge in [0.2, 0.25) is 10.0 Å². The van der Waals surface area contributed by atoms with Crippen LogP contribution < -0.4 is 10.5 Å². The standard InChI is InChI=1S/C15H20N2O5S/c1-22-13-5-4-10(15(18)19)6-14(13)23(20,21)17-7-11(9-2-3-9)12(16)8-17/h4-6,9,11-12H,2-3,7-8,16H2,1H3,(H,18,19)/t11-,12+/m0/s1. The van der Waals surface area contributed by atoms with Crippen LogP contribution in [0.2, 0.25) is 0 Å². The molecule has 126 valence electrons. The van der Waals surface area contributed by atoms with Crippen LogP contribution in [0.25, 0.3) is 0 Å². The highest BCUT2D eigenvalue weighted by Gasteiger charge is 2.45. The minimum absolute atomic E-state index is 0.0911. The zero-order valence-electron chi connectivity index (χ0n) is 12.8. The topological polar surface area (TPSA) is 110 Å². The number of benzene rings is 1. The molecule has 1 heterocycles. The fraction of sp³-hybridized carbons (Fsp3) is 0.533. The van der Waals surface area contributed by atoms with Crippen LogP contribution in [0.1, 0.15) is 23.2 Å². The summed E-state index contributed by atoms with van der Waals surface area (Å²) < 4.78 is 32.3. The van der Waals surface area contributed by atoms with Crippen molar-refractivity contribution in [2.75, 3.05) is 20.2 Å². The maximum absolute atomic E-state index is 12.9. The van der Waals surface area contributed by atoms with Crippen LogP contribution in [0.3, 0.4) is 0 Å². The van der Waals surface area contributed by atoms with Crippen LogP contribution in [0, 0.1) is 11.8 Å².